The van der Waals surface area contributed by atoms with Crippen LogP contribution < -0.4 is 4.74 Å². The molecule has 2 atom stereocenters. The van der Waals surface area contributed by atoms with Crippen LogP contribution in [0.5, 0.6) is 5.75 Å². The van der Waals surface area contributed by atoms with E-state index in [0.717, 1.165) is 23.7 Å². The third-order valence-electron chi connectivity index (χ3n) is 4.25. The number of alkyl halides is 1. The summed E-state index contributed by atoms with van der Waals surface area (Å²) in [6.45, 7) is 4.42. The second kappa shape index (κ2) is 6.13. The summed E-state index contributed by atoms with van der Waals surface area (Å²) in [5.74, 6) is 0.672. The van der Waals surface area contributed by atoms with Crippen molar-refractivity contribution in [2.24, 2.45) is 5.41 Å². The van der Waals surface area contributed by atoms with Gasteiger partial charge in [-0.15, -0.1) is 0 Å². The van der Waals surface area contributed by atoms with E-state index in [1.807, 2.05) is 0 Å². The molecule has 1 aliphatic rings. The largest absolute Gasteiger partial charge is 0.488 e. The topological polar surface area (TPSA) is 9.23 Å². The Morgan fingerprint density at radius 3 is 2.42 bits per heavy atom. The molecule has 1 saturated carbocycles. The maximum atomic E-state index is 6.22. The number of hydrogen-bond acceptors (Lipinski definition) is 1. The fourth-order valence-electron chi connectivity index (χ4n) is 2.76. The summed E-state index contributed by atoms with van der Waals surface area (Å²) in [7, 11) is 0. The van der Waals surface area contributed by atoms with Gasteiger partial charge in [0.25, 0.3) is 0 Å². The summed E-state index contributed by atoms with van der Waals surface area (Å²) in [5, 5.41) is 1.21. The number of benzene rings is 1. The third-order valence-corrected chi connectivity index (χ3v) is 7.02. The quantitative estimate of drug-likeness (QED) is 0.392. The molecule has 1 nitrogen and oxygen atoms in total. The van der Waals surface area contributed by atoms with Crippen LogP contribution in [0.15, 0.2) is 16.6 Å². The maximum absolute atomic E-state index is 6.22. The summed E-state index contributed by atoms with van der Waals surface area (Å²) in [5.41, 5.74) is 0.197. The number of ether oxygens (including phenoxy) is 1. The standard InChI is InChI=1S/C14H16Br2Cl2O/c1-3-14(4-2)12(16)7-13(14)19-11-6-9(17)8(15)5-10(11)18/h5-6,12-13H,3-4,7H2,1-2H3. The van der Waals surface area contributed by atoms with Gasteiger partial charge in [0.1, 0.15) is 11.9 Å². The van der Waals surface area contributed by atoms with Crippen LogP contribution in [0.1, 0.15) is 33.1 Å². The lowest BCUT2D eigenvalue weighted by molar-refractivity contribution is -0.0410. The zero-order valence-corrected chi connectivity index (χ0v) is 15.5. The summed E-state index contributed by atoms with van der Waals surface area (Å²) < 4.78 is 6.91. The molecule has 0 aliphatic heterocycles. The number of hydrogen-bond donors (Lipinski definition) is 0. The van der Waals surface area contributed by atoms with Crippen LogP contribution in [0.2, 0.25) is 10.0 Å². The zero-order valence-electron chi connectivity index (χ0n) is 10.9. The Morgan fingerprint density at radius 2 is 1.89 bits per heavy atom. The smallest absolute Gasteiger partial charge is 0.139 e. The molecule has 0 heterocycles. The number of halogens is 4. The molecule has 0 saturated heterocycles. The molecule has 1 aliphatic carbocycles. The molecule has 0 N–H and O–H groups in total. The van der Waals surface area contributed by atoms with E-state index in [0.29, 0.717) is 20.6 Å². The predicted octanol–water partition coefficient (Wildman–Crippen LogP) is 6.48. The van der Waals surface area contributed by atoms with Gasteiger partial charge in [0.2, 0.25) is 0 Å². The highest BCUT2D eigenvalue weighted by Gasteiger charge is 2.53. The fraction of sp³-hybridized carbons (Fsp3) is 0.571. The molecule has 0 aromatic heterocycles. The summed E-state index contributed by atoms with van der Waals surface area (Å²) in [6, 6.07) is 3.56. The van der Waals surface area contributed by atoms with Gasteiger partial charge in [-0.2, -0.15) is 0 Å². The van der Waals surface area contributed by atoms with Gasteiger partial charge < -0.3 is 4.74 Å². The predicted molar refractivity (Wildman–Crippen MR) is 88.9 cm³/mol. The minimum Gasteiger partial charge on any atom is -0.488 e. The first-order valence-corrected chi connectivity index (χ1v) is 8.86. The molecule has 1 aromatic carbocycles. The molecule has 0 radical (unpaired) electrons. The summed E-state index contributed by atoms with van der Waals surface area (Å²) >= 11 is 19.4. The van der Waals surface area contributed by atoms with Crippen LogP contribution in [-0.2, 0) is 0 Å². The van der Waals surface area contributed by atoms with Crippen LogP contribution in [0.3, 0.4) is 0 Å². The molecule has 0 spiro atoms. The maximum Gasteiger partial charge on any atom is 0.139 e. The van der Waals surface area contributed by atoms with Crippen molar-refractivity contribution >= 4 is 55.1 Å². The van der Waals surface area contributed by atoms with E-state index in [1.54, 1.807) is 12.1 Å². The molecule has 0 bridgehead atoms. The van der Waals surface area contributed by atoms with Gasteiger partial charge in [0.05, 0.1) is 10.0 Å². The van der Waals surface area contributed by atoms with E-state index in [2.05, 4.69) is 45.7 Å². The van der Waals surface area contributed by atoms with E-state index in [4.69, 9.17) is 27.9 Å². The second-order valence-corrected chi connectivity index (χ2v) is 7.72. The Labute approximate surface area is 141 Å². The number of rotatable bonds is 4. The molecule has 5 heteroatoms. The van der Waals surface area contributed by atoms with Crippen molar-refractivity contribution in [3.63, 3.8) is 0 Å². The minimum absolute atomic E-state index is 0.196. The molecule has 19 heavy (non-hydrogen) atoms. The molecule has 1 fully saturated rings. The van der Waals surface area contributed by atoms with Crippen LogP contribution >= 0.6 is 55.1 Å². The summed E-state index contributed by atoms with van der Waals surface area (Å²) in [6.07, 6.45) is 3.38. The Kier molecular flexibility index (Phi) is 5.14. The van der Waals surface area contributed by atoms with Gasteiger partial charge in [-0.3, -0.25) is 0 Å². The van der Waals surface area contributed by atoms with Crippen molar-refractivity contribution in [1.29, 1.82) is 0 Å². The monoisotopic (exact) mass is 428 g/mol. The first-order valence-electron chi connectivity index (χ1n) is 6.39. The van der Waals surface area contributed by atoms with E-state index in [9.17, 15) is 0 Å². The van der Waals surface area contributed by atoms with Gasteiger partial charge in [0, 0.05) is 20.8 Å². The third kappa shape index (κ3) is 2.81. The molecule has 2 unspecified atom stereocenters. The molecular weight excluding hydrogens is 415 g/mol. The fourth-order valence-corrected chi connectivity index (χ4v) is 4.88. The van der Waals surface area contributed by atoms with Gasteiger partial charge in [0.15, 0.2) is 0 Å². The van der Waals surface area contributed by atoms with E-state index < -0.39 is 0 Å². The Bertz CT molecular complexity index is 475. The molecule has 2 rings (SSSR count). The van der Waals surface area contributed by atoms with Crippen LogP contribution in [-0.4, -0.2) is 10.9 Å². The Hall–Kier alpha value is 0.560. The first-order chi connectivity index (χ1) is 8.94. The van der Waals surface area contributed by atoms with Gasteiger partial charge in [-0.25, -0.2) is 0 Å². The van der Waals surface area contributed by atoms with Crippen LogP contribution in [0.25, 0.3) is 0 Å². The molecule has 1 aromatic rings. The lowest BCUT2D eigenvalue weighted by Crippen LogP contribution is -2.56. The van der Waals surface area contributed by atoms with Crippen molar-refractivity contribution in [3.05, 3.63) is 26.7 Å². The highest BCUT2D eigenvalue weighted by atomic mass is 79.9. The van der Waals surface area contributed by atoms with Crippen molar-refractivity contribution in [3.8, 4) is 5.75 Å². The summed E-state index contributed by atoms with van der Waals surface area (Å²) in [4.78, 5) is 0.518. The molecule has 106 valence electrons. The second-order valence-electron chi connectivity index (χ2n) is 4.95. The van der Waals surface area contributed by atoms with Gasteiger partial charge in [-0.05, 0) is 41.3 Å². The average molecular weight is 431 g/mol. The van der Waals surface area contributed by atoms with Crippen molar-refractivity contribution in [1.82, 2.24) is 0 Å². The van der Waals surface area contributed by atoms with Gasteiger partial charge in [-0.1, -0.05) is 53.0 Å². The van der Waals surface area contributed by atoms with Gasteiger partial charge >= 0.3 is 0 Å². The van der Waals surface area contributed by atoms with E-state index in [-0.39, 0.29) is 11.5 Å². The van der Waals surface area contributed by atoms with E-state index in [1.165, 1.54) is 0 Å². The first kappa shape index (κ1) is 15.9. The molecular formula is C14H16Br2Cl2O. The Balaban J connectivity index is 2.21. The SMILES string of the molecule is CCC1(CC)C(Br)CC1Oc1cc(Cl)c(Br)cc1Cl. The van der Waals surface area contributed by atoms with Crippen molar-refractivity contribution in [2.45, 2.75) is 44.0 Å². The van der Waals surface area contributed by atoms with Crippen LogP contribution in [0.4, 0.5) is 0 Å². The zero-order chi connectivity index (χ0) is 14.2. The highest BCUT2D eigenvalue weighted by molar-refractivity contribution is 9.10. The normalized spacial score (nSPS) is 24.9. The lowest BCUT2D eigenvalue weighted by Gasteiger charge is -2.52. The van der Waals surface area contributed by atoms with E-state index >= 15 is 0 Å². The average Bonchev–Trinajstić information content (AvgIpc) is 2.36. The Morgan fingerprint density at radius 1 is 1.26 bits per heavy atom. The van der Waals surface area contributed by atoms with Crippen LogP contribution in [0, 0.1) is 5.41 Å². The minimum atomic E-state index is 0.196. The van der Waals surface area contributed by atoms with Crippen molar-refractivity contribution < 1.29 is 4.74 Å². The highest BCUT2D eigenvalue weighted by Crippen LogP contribution is 2.53. The molecule has 0 amide bonds. The van der Waals surface area contributed by atoms with Crippen molar-refractivity contribution in [2.75, 3.05) is 0 Å². The lowest BCUT2D eigenvalue weighted by atomic mass is 9.62.